The first kappa shape index (κ1) is 13.4. The quantitative estimate of drug-likeness (QED) is 0.676. The normalized spacial score (nSPS) is 10.2. The summed E-state index contributed by atoms with van der Waals surface area (Å²) in [7, 11) is 3.34. The fraction of sp³-hybridized carbons (Fsp3) is 0.625. The summed E-state index contributed by atoms with van der Waals surface area (Å²) in [5, 5.41) is 19.8. The van der Waals surface area contributed by atoms with Crippen molar-refractivity contribution in [3.63, 3.8) is 0 Å². The van der Waals surface area contributed by atoms with Gasteiger partial charge in [-0.2, -0.15) is 0 Å². The van der Waals surface area contributed by atoms with E-state index in [2.05, 4.69) is 15.5 Å². The number of aryl methyl sites for hydroxylation is 1. The van der Waals surface area contributed by atoms with Crippen LogP contribution >= 0.6 is 11.8 Å². The summed E-state index contributed by atoms with van der Waals surface area (Å²) in [6.45, 7) is 0.339. The SMILES string of the molecule is CN(C)C(=O)CCn1nnnc1SCC(=O)O. The molecule has 0 aromatic carbocycles. The summed E-state index contributed by atoms with van der Waals surface area (Å²) in [4.78, 5) is 23.2. The van der Waals surface area contributed by atoms with Crippen LogP contribution in [-0.4, -0.2) is 61.9 Å². The molecule has 1 amide bonds. The number of tetrazole rings is 1. The molecule has 17 heavy (non-hydrogen) atoms. The second-order valence-electron chi connectivity index (χ2n) is 3.41. The first-order valence-corrected chi connectivity index (χ1v) is 5.80. The third-order valence-electron chi connectivity index (χ3n) is 1.86. The zero-order valence-electron chi connectivity index (χ0n) is 9.53. The number of nitrogens with zero attached hydrogens (tertiary/aromatic N) is 5. The third-order valence-corrected chi connectivity index (χ3v) is 2.80. The number of rotatable bonds is 6. The molecule has 1 rings (SSSR count). The van der Waals surface area contributed by atoms with Gasteiger partial charge < -0.3 is 10.0 Å². The molecule has 0 atom stereocenters. The van der Waals surface area contributed by atoms with E-state index >= 15 is 0 Å². The molecule has 0 saturated carbocycles. The van der Waals surface area contributed by atoms with Gasteiger partial charge >= 0.3 is 5.97 Å². The molecule has 0 aliphatic carbocycles. The smallest absolute Gasteiger partial charge is 0.313 e. The Morgan fingerprint density at radius 3 is 2.76 bits per heavy atom. The lowest BCUT2D eigenvalue weighted by molar-refractivity contribution is -0.134. The van der Waals surface area contributed by atoms with Gasteiger partial charge in [0.15, 0.2) is 0 Å². The van der Waals surface area contributed by atoms with Gasteiger partial charge in [0, 0.05) is 20.5 Å². The van der Waals surface area contributed by atoms with Gasteiger partial charge in [-0.25, -0.2) is 4.68 Å². The fourth-order valence-electron chi connectivity index (χ4n) is 0.992. The van der Waals surface area contributed by atoms with Crippen molar-refractivity contribution in [3.8, 4) is 0 Å². The summed E-state index contributed by atoms with van der Waals surface area (Å²) < 4.78 is 1.43. The minimum Gasteiger partial charge on any atom is -0.481 e. The van der Waals surface area contributed by atoms with Crippen LogP contribution in [0.2, 0.25) is 0 Å². The molecule has 0 spiro atoms. The molecule has 0 fully saturated rings. The molecular formula is C8H13N5O3S. The number of carboxylic acid groups (broad SMARTS) is 1. The highest BCUT2D eigenvalue weighted by atomic mass is 32.2. The van der Waals surface area contributed by atoms with Crippen LogP contribution in [0.5, 0.6) is 0 Å². The van der Waals surface area contributed by atoms with Crippen molar-refractivity contribution in [1.82, 2.24) is 25.1 Å². The molecule has 0 aliphatic rings. The molecule has 0 radical (unpaired) electrons. The predicted molar refractivity (Wildman–Crippen MR) is 59.5 cm³/mol. The van der Waals surface area contributed by atoms with E-state index in [4.69, 9.17) is 5.11 Å². The van der Waals surface area contributed by atoms with Gasteiger partial charge in [0.2, 0.25) is 11.1 Å². The Hall–Kier alpha value is -1.64. The summed E-state index contributed by atoms with van der Waals surface area (Å²) in [5.74, 6) is -1.08. The summed E-state index contributed by atoms with van der Waals surface area (Å²) >= 11 is 1.02. The van der Waals surface area contributed by atoms with Crippen molar-refractivity contribution in [2.45, 2.75) is 18.1 Å². The van der Waals surface area contributed by atoms with Crippen molar-refractivity contribution in [2.24, 2.45) is 0 Å². The van der Waals surface area contributed by atoms with E-state index < -0.39 is 5.97 Å². The molecule has 1 aromatic heterocycles. The van der Waals surface area contributed by atoms with Gasteiger partial charge in [-0.1, -0.05) is 11.8 Å². The highest BCUT2D eigenvalue weighted by molar-refractivity contribution is 7.99. The van der Waals surface area contributed by atoms with Crippen LogP contribution < -0.4 is 0 Å². The van der Waals surface area contributed by atoms with E-state index in [-0.39, 0.29) is 18.1 Å². The predicted octanol–water partition coefficient (Wildman–Crippen LogP) is -0.672. The lowest BCUT2D eigenvalue weighted by Crippen LogP contribution is -2.23. The Labute approximate surface area is 102 Å². The van der Waals surface area contributed by atoms with Gasteiger partial charge in [0.25, 0.3) is 0 Å². The van der Waals surface area contributed by atoms with Crippen LogP contribution in [0.4, 0.5) is 0 Å². The monoisotopic (exact) mass is 259 g/mol. The number of thioether (sulfide) groups is 1. The maximum atomic E-state index is 11.4. The molecule has 8 nitrogen and oxygen atoms in total. The van der Waals surface area contributed by atoms with Gasteiger partial charge in [0.05, 0.1) is 12.3 Å². The highest BCUT2D eigenvalue weighted by Crippen LogP contribution is 2.13. The van der Waals surface area contributed by atoms with E-state index in [9.17, 15) is 9.59 Å². The van der Waals surface area contributed by atoms with E-state index in [1.54, 1.807) is 14.1 Å². The fourth-order valence-corrected chi connectivity index (χ4v) is 1.62. The van der Waals surface area contributed by atoms with Gasteiger partial charge in [-0.05, 0) is 10.4 Å². The molecular weight excluding hydrogens is 246 g/mol. The van der Waals surface area contributed by atoms with Crippen LogP contribution in [0.3, 0.4) is 0 Å². The summed E-state index contributed by atoms with van der Waals surface area (Å²) in [5.41, 5.74) is 0. The van der Waals surface area contributed by atoms with Crippen molar-refractivity contribution in [2.75, 3.05) is 19.8 Å². The number of hydrogen-bond donors (Lipinski definition) is 1. The van der Waals surface area contributed by atoms with Crippen LogP contribution in [-0.2, 0) is 16.1 Å². The third kappa shape index (κ3) is 4.39. The van der Waals surface area contributed by atoms with Gasteiger partial charge in [-0.15, -0.1) is 5.10 Å². The van der Waals surface area contributed by atoms with Crippen molar-refractivity contribution in [1.29, 1.82) is 0 Å². The van der Waals surface area contributed by atoms with Crippen LogP contribution in [0.15, 0.2) is 5.16 Å². The van der Waals surface area contributed by atoms with Crippen molar-refractivity contribution < 1.29 is 14.7 Å². The highest BCUT2D eigenvalue weighted by Gasteiger charge is 2.11. The zero-order chi connectivity index (χ0) is 12.8. The first-order chi connectivity index (χ1) is 8.00. The average Bonchev–Trinajstić information content (AvgIpc) is 2.70. The molecule has 1 aromatic rings. The average molecular weight is 259 g/mol. The number of hydrogen-bond acceptors (Lipinski definition) is 6. The van der Waals surface area contributed by atoms with E-state index in [1.807, 2.05) is 0 Å². The maximum absolute atomic E-state index is 11.4. The second-order valence-corrected chi connectivity index (χ2v) is 4.35. The number of carbonyl (C=O) groups is 2. The minimum absolute atomic E-state index is 0.0327. The minimum atomic E-state index is -0.936. The molecule has 0 aliphatic heterocycles. The summed E-state index contributed by atoms with van der Waals surface area (Å²) in [6.07, 6.45) is 0.276. The molecule has 1 N–H and O–H groups in total. The van der Waals surface area contributed by atoms with E-state index in [1.165, 1.54) is 9.58 Å². The first-order valence-electron chi connectivity index (χ1n) is 4.81. The molecule has 0 unspecified atom stereocenters. The Morgan fingerprint density at radius 1 is 1.47 bits per heavy atom. The molecule has 1 heterocycles. The number of amides is 1. The number of aliphatic carboxylic acids is 1. The Balaban J connectivity index is 2.51. The molecule has 9 heteroatoms. The lowest BCUT2D eigenvalue weighted by atomic mass is 10.4. The maximum Gasteiger partial charge on any atom is 0.313 e. The Morgan fingerprint density at radius 2 is 2.18 bits per heavy atom. The number of carbonyl (C=O) groups excluding carboxylic acids is 1. The number of carboxylic acids is 1. The van der Waals surface area contributed by atoms with Crippen LogP contribution in [0.25, 0.3) is 0 Å². The molecule has 0 saturated heterocycles. The van der Waals surface area contributed by atoms with Gasteiger partial charge in [0.1, 0.15) is 0 Å². The topological polar surface area (TPSA) is 101 Å². The Kier molecular flexibility index (Phi) is 4.88. The standard InChI is InChI=1S/C8H13N5O3S/c1-12(2)6(14)3-4-13-8(9-10-11-13)17-5-7(15)16/h3-5H2,1-2H3,(H,15,16). The van der Waals surface area contributed by atoms with Crippen molar-refractivity contribution >= 4 is 23.6 Å². The van der Waals surface area contributed by atoms with Crippen LogP contribution in [0.1, 0.15) is 6.42 Å². The molecule has 94 valence electrons. The van der Waals surface area contributed by atoms with E-state index in [0.29, 0.717) is 11.7 Å². The largest absolute Gasteiger partial charge is 0.481 e. The van der Waals surface area contributed by atoms with Crippen LogP contribution in [0, 0.1) is 0 Å². The Bertz CT molecular complexity index is 406. The number of aromatic nitrogens is 4. The summed E-state index contributed by atoms with van der Waals surface area (Å²) in [6, 6.07) is 0. The second kappa shape index (κ2) is 6.18. The molecule has 0 bridgehead atoms. The van der Waals surface area contributed by atoms with Crippen molar-refractivity contribution in [3.05, 3.63) is 0 Å². The van der Waals surface area contributed by atoms with Gasteiger partial charge in [-0.3, -0.25) is 9.59 Å². The lowest BCUT2D eigenvalue weighted by Gasteiger charge is -2.09. The zero-order valence-corrected chi connectivity index (χ0v) is 10.3. The van der Waals surface area contributed by atoms with E-state index in [0.717, 1.165) is 11.8 Å².